The van der Waals surface area contributed by atoms with Crippen LogP contribution >= 0.6 is 23.1 Å². The van der Waals surface area contributed by atoms with Crippen LogP contribution in [0.5, 0.6) is 11.5 Å². The van der Waals surface area contributed by atoms with Crippen molar-refractivity contribution in [2.75, 3.05) is 28.2 Å². The van der Waals surface area contributed by atoms with Crippen molar-refractivity contribution in [1.29, 1.82) is 0 Å². The van der Waals surface area contributed by atoms with Gasteiger partial charge in [-0.1, -0.05) is 48.2 Å². The highest BCUT2D eigenvalue weighted by Crippen LogP contribution is 2.27. The molecule has 1 N–H and O–H groups in total. The van der Waals surface area contributed by atoms with Gasteiger partial charge in [-0.15, -0.1) is 10.2 Å². The summed E-state index contributed by atoms with van der Waals surface area (Å²) in [6.07, 6.45) is 2.06. The Bertz CT molecular complexity index is 1100. The maximum Gasteiger partial charge on any atom is 0.246 e. The maximum absolute atomic E-state index is 12.5. The van der Waals surface area contributed by atoms with E-state index in [0.717, 1.165) is 27.1 Å². The molecule has 0 fully saturated rings. The van der Waals surface area contributed by atoms with Crippen LogP contribution in [0.1, 0.15) is 13.3 Å². The van der Waals surface area contributed by atoms with E-state index >= 15 is 0 Å². The second kappa shape index (κ2) is 10.6. The molecule has 11 heteroatoms. The number of hydrogen-bond acceptors (Lipinski definition) is 8. The van der Waals surface area contributed by atoms with Gasteiger partial charge in [-0.25, -0.2) is 8.42 Å². The third-order valence-corrected chi connectivity index (χ3v) is 7.19. The molecule has 0 aliphatic rings. The summed E-state index contributed by atoms with van der Waals surface area (Å²) in [5, 5.41) is 10.9. The lowest BCUT2D eigenvalue weighted by Crippen LogP contribution is -2.37. The van der Waals surface area contributed by atoms with Crippen LogP contribution in [-0.4, -0.2) is 43.1 Å². The zero-order chi connectivity index (χ0) is 22.3. The summed E-state index contributed by atoms with van der Waals surface area (Å²) in [5.74, 6) is 1.63. The fourth-order valence-electron chi connectivity index (χ4n) is 2.50. The molecule has 31 heavy (non-hydrogen) atoms. The highest BCUT2D eigenvalue weighted by molar-refractivity contribution is 8.01. The largest absolute Gasteiger partial charge is 0.457 e. The topological polar surface area (TPSA) is 101 Å². The number of amides is 1. The standard InChI is InChI=1S/C20H22N4O4S3/c1-3-13-29-20-23-22-19(30-20)21-18(25)14-24(31(2,26)27)15-9-11-17(12-10-15)28-16-7-5-4-6-8-16/h4-12H,3,13-14H2,1-2H3,(H,21,22,25). The number of sulfonamides is 1. The zero-order valence-corrected chi connectivity index (χ0v) is 19.5. The molecule has 8 nitrogen and oxygen atoms in total. The number of carbonyl (C=O) groups excluding carboxylic acids is 1. The zero-order valence-electron chi connectivity index (χ0n) is 17.0. The monoisotopic (exact) mass is 478 g/mol. The number of para-hydroxylation sites is 1. The van der Waals surface area contributed by atoms with Gasteiger partial charge < -0.3 is 4.74 Å². The number of hydrogen-bond donors (Lipinski definition) is 1. The van der Waals surface area contributed by atoms with Gasteiger partial charge in [0.05, 0.1) is 11.9 Å². The van der Waals surface area contributed by atoms with Crippen molar-refractivity contribution in [2.24, 2.45) is 0 Å². The molecule has 0 bridgehead atoms. The minimum absolute atomic E-state index is 0.337. The third kappa shape index (κ3) is 6.94. The molecule has 1 amide bonds. The van der Waals surface area contributed by atoms with Gasteiger partial charge in [-0.2, -0.15) is 0 Å². The lowest BCUT2D eigenvalue weighted by molar-refractivity contribution is -0.114. The first-order valence-electron chi connectivity index (χ1n) is 9.42. The van der Waals surface area contributed by atoms with E-state index < -0.39 is 15.9 Å². The minimum atomic E-state index is -3.69. The molecular weight excluding hydrogens is 456 g/mol. The molecule has 164 valence electrons. The second-order valence-corrected chi connectivity index (χ2v) is 10.7. The molecule has 0 saturated heterocycles. The molecule has 0 unspecified atom stereocenters. The molecule has 2 aromatic carbocycles. The van der Waals surface area contributed by atoms with Crippen LogP contribution in [-0.2, 0) is 14.8 Å². The van der Waals surface area contributed by atoms with Crippen molar-refractivity contribution in [3.8, 4) is 11.5 Å². The van der Waals surface area contributed by atoms with Crippen LogP contribution in [0.25, 0.3) is 0 Å². The van der Waals surface area contributed by atoms with Crippen molar-refractivity contribution in [3.05, 3.63) is 54.6 Å². The normalized spacial score (nSPS) is 11.2. The molecule has 0 spiro atoms. The summed E-state index contributed by atoms with van der Waals surface area (Å²) < 4.78 is 32.1. The van der Waals surface area contributed by atoms with Crippen LogP contribution in [0.4, 0.5) is 10.8 Å². The molecule has 3 aromatic rings. The molecule has 0 radical (unpaired) electrons. The Hall–Kier alpha value is -2.63. The number of thioether (sulfide) groups is 1. The van der Waals surface area contributed by atoms with Crippen molar-refractivity contribution >= 4 is 49.8 Å². The van der Waals surface area contributed by atoms with Gasteiger partial charge in [0.15, 0.2) is 4.34 Å². The first-order chi connectivity index (χ1) is 14.8. The van der Waals surface area contributed by atoms with E-state index in [0.29, 0.717) is 22.3 Å². The number of benzene rings is 2. The Morgan fingerprint density at radius 3 is 2.42 bits per heavy atom. The van der Waals surface area contributed by atoms with E-state index in [1.54, 1.807) is 36.0 Å². The SMILES string of the molecule is CCCSc1nnc(NC(=O)CN(c2ccc(Oc3ccccc3)cc2)S(C)(=O)=O)s1. The number of aromatic nitrogens is 2. The van der Waals surface area contributed by atoms with Gasteiger partial charge in [0.25, 0.3) is 0 Å². The number of rotatable bonds is 10. The predicted molar refractivity (Wildman–Crippen MR) is 125 cm³/mol. The summed E-state index contributed by atoms with van der Waals surface area (Å²) in [6, 6.07) is 15.7. The summed E-state index contributed by atoms with van der Waals surface area (Å²) in [7, 11) is -3.69. The van der Waals surface area contributed by atoms with E-state index in [2.05, 4.69) is 22.4 Å². The van der Waals surface area contributed by atoms with Gasteiger partial charge in [-0.05, 0) is 42.8 Å². The number of carbonyl (C=O) groups is 1. The number of ether oxygens (including phenoxy) is 1. The second-order valence-electron chi connectivity index (χ2n) is 6.45. The molecule has 0 aliphatic carbocycles. The lowest BCUT2D eigenvalue weighted by atomic mass is 10.3. The summed E-state index contributed by atoms with van der Waals surface area (Å²) >= 11 is 2.82. The molecule has 1 aromatic heterocycles. The minimum Gasteiger partial charge on any atom is -0.457 e. The van der Waals surface area contributed by atoms with Crippen LogP contribution in [0, 0.1) is 0 Å². The van der Waals surface area contributed by atoms with Gasteiger partial charge in [-0.3, -0.25) is 14.4 Å². The molecule has 0 saturated carbocycles. The Labute approximate surface area is 189 Å². The van der Waals surface area contributed by atoms with Crippen LogP contribution in [0.15, 0.2) is 58.9 Å². The average molecular weight is 479 g/mol. The fraction of sp³-hybridized carbons (Fsp3) is 0.250. The van der Waals surface area contributed by atoms with Crippen molar-refractivity contribution in [2.45, 2.75) is 17.7 Å². The van der Waals surface area contributed by atoms with E-state index in [4.69, 9.17) is 4.74 Å². The van der Waals surface area contributed by atoms with E-state index in [-0.39, 0.29) is 6.54 Å². The van der Waals surface area contributed by atoms with Crippen LogP contribution < -0.4 is 14.4 Å². The van der Waals surface area contributed by atoms with E-state index in [1.807, 2.05) is 30.3 Å². The molecule has 3 rings (SSSR count). The summed E-state index contributed by atoms with van der Waals surface area (Å²) in [6.45, 7) is 1.69. The van der Waals surface area contributed by atoms with Crippen molar-refractivity contribution < 1.29 is 17.9 Å². The van der Waals surface area contributed by atoms with Crippen LogP contribution in [0.2, 0.25) is 0 Å². The Morgan fingerprint density at radius 1 is 1.10 bits per heavy atom. The smallest absolute Gasteiger partial charge is 0.246 e. The number of nitrogens with zero attached hydrogens (tertiary/aromatic N) is 3. The molecule has 0 aliphatic heterocycles. The molecular formula is C20H22N4O4S3. The molecule has 0 atom stereocenters. The Morgan fingerprint density at radius 2 is 1.77 bits per heavy atom. The van der Waals surface area contributed by atoms with Gasteiger partial charge >= 0.3 is 0 Å². The average Bonchev–Trinajstić information content (AvgIpc) is 3.18. The van der Waals surface area contributed by atoms with Crippen molar-refractivity contribution in [3.63, 3.8) is 0 Å². The van der Waals surface area contributed by atoms with Crippen molar-refractivity contribution in [1.82, 2.24) is 10.2 Å². The predicted octanol–water partition coefficient (Wildman–Crippen LogP) is 4.24. The molecule has 1 heterocycles. The number of nitrogens with one attached hydrogen (secondary N) is 1. The highest BCUT2D eigenvalue weighted by Gasteiger charge is 2.22. The third-order valence-electron chi connectivity index (χ3n) is 3.87. The quantitative estimate of drug-likeness (QED) is 0.343. The Kier molecular flexibility index (Phi) is 7.88. The summed E-state index contributed by atoms with van der Waals surface area (Å²) in [5.41, 5.74) is 0.356. The van der Waals surface area contributed by atoms with Gasteiger partial charge in [0.1, 0.15) is 18.0 Å². The van der Waals surface area contributed by atoms with Crippen LogP contribution in [0.3, 0.4) is 0 Å². The fourth-order valence-corrected chi connectivity index (χ4v) is 5.05. The van der Waals surface area contributed by atoms with Gasteiger partial charge in [0.2, 0.25) is 21.1 Å². The first kappa shape index (κ1) is 23.0. The lowest BCUT2D eigenvalue weighted by Gasteiger charge is -2.21. The van der Waals surface area contributed by atoms with E-state index in [9.17, 15) is 13.2 Å². The Balaban J connectivity index is 1.67. The first-order valence-corrected chi connectivity index (χ1v) is 13.1. The van der Waals surface area contributed by atoms with E-state index in [1.165, 1.54) is 11.3 Å². The maximum atomic E-state index is 12.5. The number of anilines is 2. The summed E-state index contributed by atoms with van der Waals surface area (Å²) in [4.78, 5) is 12.5. The highest BCUT2D eigenvalue weighted by atomic mass is 32.2. The van der Waals surface area contributed by atoms with Gasteiger partial charge in [0, 0.05) is 5.75 Å².